The van der Waals surface area contributed by atoms with Crippen LogP contribution in [-0.4, -0.2) is 26.8 Å². The lowest BCUT2D eigenvalue weighted by atomic mass is 9.98. The molecule has 0 N–H and O–H groups in total. The molecule has 0 heterocycles. The number of benzene rings is 2. The van der Waals surface area contributed by atoms with Crippen LogP contribution in [0.3, 0.4) is 0 Å². The number of hydrogen-bond acceptors (Lipinski definition) is 2. The molecule has 1 unspecified atom stereocenters. The third-order valence-electron chi connectivity index (χ3n) is 4.83. The van der Waals surface area contributed by atoms with Crippen molar-refractivity contribution in [2.24, 2.45) is 5.41 Å². The maximum Gasteiger partial charge on any atom is 0.123 e. The number of ether oxygens (including phenoxy) is 1. The molecule has 0 aliphatic heterocycles. The number of rotatable bonds is 9. The number of allylic oxidation sites excluding steroid dienone is 1. The molecule has 0 amide bonds. The van der Waals surface area contributed by atoms with Crippen molar-refractivity contribution in [3.05, 3.63) is 77.6 Å². The fourth-order valence-electron chi connectivity index (χ4n) is 3.19. The predicted molar refractivity (Wildman–Crippen MR) is 132 cm³/mol. The van der Waals surface area contributed by atoms with Gasteiger partial charge in [-0.05, 0) is 68.8 Å². The smallest absolute Gasteiger partial charge is 0.123 e. The second-order valence-corrected chi connectivity index (χ2v) is 12.3. The second-order valence-electron chi connectivity index (χ2n) is 9.23. The molecule has 0 fully saturated rings. The molecule has 0 aromatic heterocycles. The zero-order valence-corrected chi connectivity index (χ0v) is 20.9. The average Bonchev–Trinajstić information content (AvgIpc) is 2.71. The van der Waals surface area contributed by atoms with E-state index in [1.807, 2.05) is 30.3 Å². The largest absolute Gasteiger partial charge is 0.490 e. The van der Waals surface area contributed by atoms with Gasteiger partial charge in [-0.25, -0.2) is 4.39 Å². The predicted octanol–water partition coefficient (Wildman–Crippen LogP) is 6.40. The summed E-state index contributed by atoms with van der Waals surface area (Å²) in [5.74, 6) is 7.01. The van der Waals surface area contributed by atoms with Gasteiger partial charge in [-0.15, -0.1) is 0 Å². The summed E-state index contributed by atoms with van der Waals surface area (Å²) in [6, 6.07) is 15.0. The van der Waals surface area contributed by atoms with Crippen molar-refractivity contribution in [2.75, 3.05) is 13.1 Å². The summed E-state index contributed by atoms with van der Waals surface area (Å²) in [6.07, 6.45) is 4.07. The van der Waals surface area contributed by atoms with Gasteiger partial charge in [0.25, 0.3) is 0 Å². The molecule has 0 saturated heterocycles. The van der Waals surface area contributed by atoms with Gasteiger partial charge in [-0.1, -0.05) is 62.2 Å². The number of likely N-dealkylation sites (N-methyl/N-ethyl adjacent to an activating group) is 1. The van der Waals surface area contributed by atoms with E-state index in [0.29, 0.717) is 0 Å². The van der Waals surface area contributed by atoms with Crippen molar-refractivity contribution < 1.29 is 9.13 Å². The lowest BCUT2D eigenvalue weighted by Crippen LogP contribution is -2.23. The van der Waals surface area contributed by atoms with E-state index in [1.54, 1.807) is 0 Å². The summed E-state index contributed by atoms with van der Waals surface area (Å²) in [7, 11) is -1.16. The molecule has 2 nitrogen and oxygen atoms in total. The van der Waals surface area contributed by atoms with Crippen LogP contribution in [0.2, 0.25) is 13.1 Å². The molecule has 1 atom stereocenters. The van der Waals surface area contributed by atoms with E-state index in [0.717, 1.165) is 30.9 Å². The van der Waals surface area contributed by atoms with Gasteiger partial charge in [-0.3, -0.25) is 4.90 Å². The molecule has 0 saturated carbocycles. The first-order chi connectivity index (χ1) is 14.7. The molecule has 2 rings (SSSR count). The number of nitrogens with zero attached hydrogens (tertiary/aromatic N) is 1. The van der Waals surface area contributed by atoms with Crippen molar-refractivity contribution in [1.82, 2.24) is 4.90 Å². The lowest BCUT2D eigenvalue weighted by molar-refractivity contribution is 0.278. The van der Waals surface area contributed by atoms with Crippen molar-refractivity contribution >= 4 is 8.80 Å². The van der Waals surface area contributed by atoms with Crippen molar-refractivity contribution in [3.8, 4) is 17.6 Å². The molecule has 0 aliphatic rings. The number of hydrogen-bond donors (Lipinski definition) is 0. The lowest BCUT2D eigenvalue weighted by Gasteiger charge is -2.23. The fraction of sp³-hybridized carbons (Fsp3) is 0.407. The maximum atomic E-state index is 13.3. The first kappa shape index (κ1) is 24.9. The normalized spacial score (nSPS) is 12.8. The Morgan fingerprint density at radius 3 is 2.45 bits per heavy atom. The summed E-state index contributed by atoms with van der Waals surface area (Å²) in [4.78, 5) is 2.36. The average molecular weight is 438 g/mol. The van der Waals surface area contributed by atoms with Crippen LogP contribution < -0.4 is 4.74 Å². The molecule has 2 aromatic rings. The SMILES string of the molecule is CCN(CC=CC#CC(C)(C)C)Cc1cccc(OC(c2ccc(F)cc2)[SiH](C)C)c1. The topological polar surface area (TPSA) is 12.5 Å². The first-order valence-electron chi connectivity index (χ1n) is 11.1. The minimum absolute atomic E-state index is 0.0162. The van der Waals surface area contributed by atoms with Gasteiger partial charge in [0.1, 0.15) is 17.3 Å². The van der Waals surface area contributed by atoms with Crippen LogP contribution in [0.4, 0.5) is 4.39 Å². The monoisotopic (exact) mass is 437 g/mol. The Labute approximate surface area is 189 Å². The van der Waals surface area contributed by atoms with Crippen molar-refractivity contribution in [1.29, 1.82) is 0 Å². The zero-order valence-electron chi connectivity index (χ0n) is 19.8. The van der Waals surface area contributed by atoms with Crippen LogP contribution in [0.25, 0.3) is 0 Å². The molecule has 0 bridgehead atoms. The summed E-state index contributed by atoms with van der Waals surface area (Å²) in [6.45, 7) is 15.7. The highest BCUT2D eigenvalue weighted by Crippen LogP contribution is 2.26. The van der Waals surface area contributed by atoms with E-state index in [1.165, 1.54) is 17.7 Å². The van der Waals surface area contributed by atoms with Crippen LogP contribution in [0.15, 0.2) is 60.7 Å². The van der Waals surface area contributed by atoms with Crippen LogP contribution in [0, 0.1) is 23.1 Å². The van der Waals surface area contributed by atoms with Crippen LogP contribution in [0.5, 0.6) is 5.75 Å². The van der Waals surface area contributed by atoms with Crippen molar-refractivity contribution in [2.45, 2.75) is 53.1 Å². The summed E-state index contributed by atoms with van der Waals surface area (Å²) in [5.41, 5.74) is 2.31. The third-order valence-corrected chi connectivity index (χ3v) is 6.56. The third kappa shape index (κ3) is 9.12. The van der Waals surface area contributed by atoms with Crippen LogP contribution in [0.1, 0.15) is 44.5 Å². The first-order valence-corrected chi connectivity index (χ1v) is 14.1. The van der Waals surface area contributed by atoms with Gasteiger partial charge in [0.2, 0.25) is 0 Å². The Bertz CT molecular complexity index is 903. The zero-order chi connectivity index (χ0) is 22.9. The standard InChI is InChI=1S/C27H36FNOSi/c1-7-29(19-10-8-9-18-27(2,3)4)21-22-12-11-13-25(20-22)30-26(31(5)6)23-14-16-24(28)17-15-23/h8,10-17,20,26,31H,7,19,21H2,1-6H3. The highest BCUT2D eigenvalue weighted by molar-refractivity contribution is 6.57. The van der Waals surface area contributed by atoms with Crippen molar-refractivity contribution in [3.63, 3.8) is 0 Å². The van der Waals surface area contributed by atoms with E-state index in [9.17, 15) is 4.39 Å². The van der Waals surface area contributed by atoms with E-state index in [2.05, 4.69) is 75.7 Å². The Hall–Kier alpha value is -2.35. The molecule has 0 aliphatic carbocycles. The van der Waals surface area contributed by atoms with Gasteiger partial charge in [0.05, 0.1) is 8.80 Å². The second kappa shape index (κ2) is 11.9. The molecular formula is C27H36FNOSi. The van der Waals surface area contributed by atoms with E-state index >= 15 is 0 Å². The highest BCUT2D eigenvalue weighted by atomic mass is 28.3. The Balaban J connectivity index is 2.04. The quantitative estimate of drug-likeness (QED) is 0.332. The van der Waals surface area contributed by atoms with Gasteiger partial charge in [0, 0.05) is 18.5 Å². The molecule has 0 radical (unpaired) electrons. The van der Waals surface area contributed by atoms with E-state index in [-0.39, 0.29) is 17.0 Å². The van der Waals surface area contributed by atoms with Crippen LogP contribution in [-0.2, 0) is 6.54 Å². The molecule has 4 heteroatoms. The molecule has 0 spiro atoms. The minimum atomic E-state index is -1.16. The highest BCUT2D eigenvalue weighted by Gasteiger charge is 2.19. The molecule has 2 aromatic carbocycles. The summed E-state index contributed by atoms with van der Waals surface area (Å²) >= 11 is 0. The van der Waals surface area contributed by atoms with E-state index in [4.69, 9.17) is 4.74 Å². The van der Waals surface area contributed by atoms with Gasteiger partial charge < -0.3 is 4.74 Å². The fourth-order valence-corrected chi connectivity index (χ4v) is 4.61. The van der Waals surface area contributed by atoms with Gasteiger partial charge in [-0.2, -0.15) is 0 Å². The Kier molecular flexibility index (Phi) is 9.55. The number of halogens is 1. The van der Waals surface area contributed by atoms with Gasteiger partial charge in [0.15, 0.2) is 0 Å². The Morgan fingerprint density at radius 2 is 1.84 bits per heavy atom. The minimum Gasteiger partial charge on any atom is -0.490 e. The summed E-state index contributed by atoms with van der Waals surface area (Å²) < 4.78 is 19.7. The maximum absolute atomic E-state index is 13.3. The molecule has 31 heavy (non-hydrogen) atoms. The molecule has 166 valence electrons. The Morgan fingerprint density at radius 1 is 1.13 bits per heavy atom. The molecular weight excluding hydrogens is 401 g/mol. The van der Waals surface area contributed by atoms with E-state index < -0.39 is 8.80 Å². The van der Waals surface area contributed by atoms with Crippen LogP contribution >= 0.6 is 0 Å². The summed E-state index contributed by atoms with van der Waals surface area (Å²) in [5, 5.41) is 0. The van der Waals surface area contributed by atoms with Gasteiger partial charge >= 0.3 is 0 Å².